The van der Waals surface area contributed by atoms with Crippen LogP contribution in [0.4, 0.5) is 8.78 Å². The lowest BCUT2D eigenvalue weighted by molar-refractivity contribution is 0.0284. The normalized spacial score (nSPS) is 16.2. The van der Waals surface area contributed by atoms with Crippen molar-refractivity contribution in [2.24, 2.45) is 5.92 Å². The van der Waals surface area contributed by atoms with Gasteiger partial charge in [0.05, 0.1) is 11.1 Å². The van der Waals surface area contributed by atoms with Crippen molar-refractivity contribution in [1.82, 2.24) is 15.1 Å². The number of nitrogens with one attached hydrogen (secondary N) is 1. The van der Waals surface area contributed by atoms with Gasteiger partial charge in [0.25, 0.3) is 5.91 Å². The van der Waals surface area contributed by atoms with Gasteiger partial charge in [-0.05, 0) is 45.2 Å². The van der Waals surface area contributed by atoms with Crippen molar-refractivity contribution in [3.05, 3.63) is 23.9 Å². The Balaban J connectivity index is 1.82. The first-order valence-electron chi connectivity index (χ1n) is 9.60. The lowest BCUT2D eigenvalue weighted by atomic mass is 9.81. The van der Waals surface area contributed by atoms with E-state index in [1.165, 1.54) is 25.3 Å². The summed E-state index contributed by atoms with van der Waals surface area (Å²) in [6, 6.07) is 4.50. The number of hydrogen-bond acceptors (Lipinski definition) is 4. The monoisotopic (exact) mass is 395 g/mol. The van der Waals surface area contributed by atoms with E-state index in [2.05, 4.69) is 10.4 Å². The molecule has 2 N–H and O–H groups in total. The van der Waals surface area contributed by atoms with Crippen LogP contribution in [-0.4, -0.2) is 39.0 Å². The Morgan fingerprint density at radius 3 is 2.71 bits per heavy atom. The molecule has 3 rings (SSSR count). The maximum absolute atomic E-state index is 13.5. The third kappa shape index (κ3) is 4.79. The van der Waals surface area contributed by atoms with Gasteiger partial charge >= 0.3 is 6.55 Å². The standard InChI is InChI=1S/C20H27F2N3O3/c1-12(9-13-5-4-6-13)23-18(26)17-15-8-7-14(28-11-20(2,3)27)10-16(15)25(24-17)19(21)22/h7-8,10,12-13,19,27H,4-6,9,11H2,1-3H3,(H,23,26)/t12-/m0/s1. The topological polar surface area (TPSA) is 76.4 Å². The fourth-order valence-corrected chi connectivity index (χ4v) is 3.36. The van der Waals surface area contributed by atoms with Gasteiger partial charge in [0.15, 0.2) is 5.69 Å². The van der Waals surface area contributed by atoms with Crippen molar-refractivity contribution in [2.75, 3.05) is 6.61 Å². The molecule has 1 fully saturated rings. The van der Waals surface area contributed by atoms with Gasteiger partial charge in [0.2, 0.25) is 0 Å². The Morgan fingerprint density at radius 1 is 1.43 bits per heavy atom. The van der Waals surface area contributed by atoms with Crippen LogP contribution in [0.1, 0.15) is 63.5 Å². The molecule has 0 spiro atoms. The van der Waals surface area contributed by atoms with Gasteiger partial charge in [-0.3, -0.25) is 4.79 Å². The summed E-state index contributed by atoms with van der Waals surface area (Å²) >= 11 is 0. The minimum absolute atomic E-state index is 0.00729. The Kier molecular flexibility index (Phi) is 5.88. The predicted octanol–water partition coefficient (Wildman–Crippen LogP) is 3.89. The minimum Gasteiger partial charge on any atom is -0.491 e. The lowest BCUT2D eigenvalue weighted by Crippen LogP contribution is -2.35. The molecule has 0 aliphatic heterocycles. The van der Waals surface area contributed by atoms with E-state index < -0.39 is 18.1 Å². The van der Waals surface area contributed by atoms with Crippen LogP contribution in [0, 0.1) is 5.92 Å². The van der Waals surface area contributed by atoms with E-state index >= 15 is 0 Å². The van der Waals surface area contributed by atoms with Gasteiger partial charge in [-0.25, -0.2) is 4.68 Å². The lowest BCUT2D eigenvalue weighted by Gasteiger charge is -2.28. The highest BCUT2D eigenvalue weighted by Crippen LogP contribution is 2.31. The Hall–Kier alpha value is -2.22. The zero-order valence-corrected chi connectivity index (χ0v) is 16.4. The summed E-state index contributed by atoms with van der Waals surface area (Å²) in [5, 5.41) is 16.8. The number of fused-ring (bicyclic) bond motifs is 1. The smallest absolute Gasteiger partial charge is 0.333 e. The summed E-state index contributed by atoms with van der Waals surface area (Å²) in [6.07, 6.45) is 4.47. The molecule has 154 valence electrons. The number of carbonyl (C=O) groups is 1. The minimum atomic E-state index is -2.89. The van der Waals surface area contributed by atoms with Crippen molar-refractivity contribution in [1.29, 1.82) is 0 Å². The van der Waals surface area contributed by atoms with Gasteiger partial charge in [0.1, 0.15) is 12.4 Å². The molecule has 8 heteroatoms. The molecule has 0 radical (unpaired) electrons. The first-order chi connectivity index (χ1) is 13.1. The van der Waals surface area contributed by atoms with Crippen molar-refractivity contribution in [2.45, 2.75) is 64.6 Å². The summed E-state index contributed by atoms with van der Waals surface area (Å²) in [7, 11) is 0. The quantitative estimate of drug-likeness (QED) is 0.711. The summed E-state index contributed by atoms with van der Waals surface area (Å²) in [4.78, 5) is 12.6. The summed E-state index contributed by atoms with van der Waals surface area (Å²) in [5.41, 5.74) is -0.968. The van der Waals surface area contributed by atoms with Crippen LogP contribution in [0.5, 0.6) is 5.75 Å². The van der Waals surface area contributed by atoms with Crippen LogP contribution < -0.4 is 10.1 Å². The second-order valence-electron chi connectivity index (χ2n) is 8.26. The summed E-state index contributed by atoms with van der Waals surface area (Å²) < 4.78 is 32.9. The molecule has 1 aliphatic carbocycles. The third-order valence-electron chi connectivity index (χ3n) is 4.96. The summed E-state index contributed by atoms with van der Waals surface area (Å²) in [5.74, 6) is 0.490. The average Bonchev–Trinajstić information content (AvgIpc) is 2.95. The molecule has 1 amide bonds. The number of halogens is 2. The van der Waals surface area contributed by atoms with Crippen LogP contribution in [0.3, 0.4) is 0 Å². The maximum Gasteiger partial charge on any atom is 0.333 e. The number of hydrogen-bond donors (Lipinski definition) is 2. The zero-order valence-electron chi connectivity index (χ0n) is 16.4. The fourth-order valence-electron chi connectivity index (χ4n) is 3.36. The Morgan fingerprint density at radius 2 is 2.14 bits per heavy atom. The van der Waals surface area contributed by atoms with Crippen molar-refractivity contribution in [3.8, 4) is 5.75 Å². The predicted molar refractivity (Wildman–Crippen MR) is 102 cm³/mol. The van der Waals surface area contributed by atoms with E-state index in [0.29, 0.717) is 21.7 Å². The molecule has 0 saturated heterocycles. The van der Waals surface area contributed by atoms with Crippen molar-refractivity contribution >= 4 is 16.8 Å². The second kappa shape index (κ2) is 8.03. The zero-order chi connectivity index (χ0) is 20.5. The molecule has 0 bridgehead atoms. The number of alkyl halides is 2. The molecular formula is C20H27F2N3O3. The van der Waals surface area contributed by atoms with Gasteiger partial charge in [0, 0.05) is 17.5 Å². The third-order valence-corrected chi connectivity index (χ3v) is 4.96. The van der Waals surface area contributed by atoms with E-state index in [1.54, 1.807) is 26.0 Å². The number of aliphatic hydroxyl groups is 1. The number of rotatable bonds is 8. The first kappa shape index (κ1) is 20.5. The molecule has 1 heterocycles. The van der Waals surface area contributed by atoms with Gasteiger partial charge in [-0.1, -0.05) is 19.3 Å². The van der Waals surface area contributed by atoms with Crippen molar-refractivity contribution < 1.29 is 23.4 Å². The number of nitrogens with zero attached hydrogens (tertiary/aromatic N) is 2. The SMILES string of the molecule is C[C@@H](CC1CCC1)NC(=O)c1nn(C(F)F)c2cc(OCC(C)(C)O)ccc12. The van der Waals surface area contributed by atoms with E-state index in [0.717, 1.165) is 6.42 Å². The number of ether oxygens (including phenoxy) is 1. The molecule has 6 nitrogen and oxygen atoms in total. The molecule has 28 heavy (non-hydrogen) atoms. The van der Waals surface area contributed by atoms with Crippen LogP contribution in [0.25, 0.3) is 10.9 Å². The van der Waals surface area contributed by atoms with Gasteiger partial charge in [-0.2, -0.15) is 13.9 Å². The van der Waals surface area contributed by atoms with Gasteiger partial charge < -0.3 is 15.2 Å². The largest absolute Gasteiger partial charge is 0.491 e. The molecular weight excluding hydrogens is 368 g/mol. The van der Waals surface area contributed by atoms with Gasteiger partial charge in [-0.15, -0.1) is 0 Å². The molecule has 1 aromatic carbocycles. The molecule has 1 aliphatic rings. The highest BCUT2D eigenvalue weighted by molar-refractivity contribution is 6.05. The van der Waals surface area contributed by atoms with Crippen LogP contribution >= 0.6 is 0 Å². The molecule has 1 atom stereocenters. The number of carbonyl (C=O) groups excluding carboxylic acids is 1. The van der Waals surface area contributed by atoms with E-state index in [1.807, 2.05) is 6.92 Å². The summed E-state index contributed by atoms with van der Waals surface area (Å²) in [6.45, 7) is 2.21. The fraction of sp³-hybridized carbons (Fsp3) is 0.600. The highest BCUT2D eigenvalue weighted by Gasteiger charge is 2.25. The average molecular weight is 395 g/mol. The van der Waals surface area contributed by atoms with Crippen molar-refractivity contribution in [3.63, 3.8) is 0 Å². The second-order valence-corrected chi connectivity index (χ2v) is 8.26. The molecule has 2 aromatic rings. The number of amides is 1. The number of benzene rings is 1. The molecule has 1 aromatic heterocycles. The highest BCUT2D eigenvalue weighted by atomic mass is 19.3. The Bertz CT molecular complexity index is 841. The van der Waals surface area contributed by atoms with E-state index in [-0.39, 0.29) is 23.9 Å². The molecule has 1 saturated carbocycles. The maximum atomic E-state index is 13.5. The first-order valence-corrected chi connectivity index (χ1v) is 9.60. The Labute approximate surface area is 162 Å². The van der Waals surface area contributed by atoms with E-state index in [4.69, 9.17) is 4.74 Å². The van der Waals surface area contributed by atoms with E-state index in [9.17, 15) is 18.7 Å². The van der Waals surface area contributed by atoms with Crippen LogP contribution in [-0.2, 0) is 0 Å². The van der Waals surface area contributed by atoms with Crippen LogP contribution in [0.2, 0.25) is 0 Å². The molecule has 0 unspecified atom stereocenters. The number of aromatic nitrogens is 2. The van der Waals surface area contributed by atoms with Crippen LogP contribution in [0.15, 0.2) is 18.2 Å².